The average Bonchev–Trinajstić information content (AvgIpc) is 3.11. The predicted octanol–water partition coefficient (Wildman–Crippen LogP) is -5.74. The highest BCUT2D eigenvalue weighted by Gasteiger charge is 2.33. The largest absolute Gasteiger partial charge is 0.481 e. The summed E-state index contributed by atoms with van der Waals surface area (Å²) in [5.41, 5.74) is 21.4. The molecule has 6 atom stereocenters. The third-order valence-electron chi connectivity index (χ3n) is 7.93. The molecule has 0 aliphatic heterocycles. The van der Waals surface area contributed by atoms with Crippen LogP contribution in [0.5, 0.6) is 0 Å². The number of rotatable bonds is 29. The van der Waals surface area contributed by atoms with Crippen LogP contribution in [0.4, 0.5) is 0 Å². The van der Waals surface area contributed by atoms with E-state index in [4.69, 9.17) is 28.0 Å². The summed E-state index contributed by atoms with van der Waals surface area (Å²) in [6, 6.07) is -8.64. The number of unbranched alkanes of at least 4 members (excludes halogenated alkanes) is 1. The number of carboxylic acids is 2. The quantitative estimate of drug-likeness (QED) is 0.0313. The molecule has 0 aromatic rings. The van der Waals surface area contributed by atoms with Gasteiger partial charge in [-0.2, -0.15) is 0 Å². The normalized spacial score (nSPS) is 13.9. The van der Waals surface area contributed by atoms with E-state index in [0.29, 0.717) is 6.42 Å². The molecule has 0 bridgehead atoms. The van der Waals surface area contributed by atoms with Crippen molar-refractivity contribution in [3.8, 4) is 0 Å². The molecule has 0 unspecified atom stereocenters. The Morgan fingerprint density at radius 2 is 1.04 bits per heavy atom. The van der Waals surface area contributed by atoms with Gasteiger partial charge >= 0.3 is 11.9 Å². The maximum Gasteiger partial charge on any atom is 0.325 e. The average molecular weight is 816 g/mol. The van der Waals surface area contributed by atoms with Crippen molar-refractivity contribution in [2.75, 3.05) is 19.6 Å². The number of amides is 9. The van der Waals surface area contributed by atoms with Gasteiger partial charge in [0.2, 0.25) is 53.2 Å². The van der Waals surface area contributed by atoms with Gasteiger partial charge < -0.3 is 70.4 Å². The Bertz CT molecular complexity index is 1460. The van der Waals surface area contributed by atoms with Crippen molar-refractivity contribution in [2.24, 2.45) is 28.9 Å². The fraction of sp³-hybridized carbons (Fsp3) is 0.667. The van der Waals surface area contributed by atoms with Crippen LogP contribution in [0.2, 0.25) is 0 Å². The standard InChI is InChI=1S/C33H57N11O13/c1-16(2)12-21(41-25(47)14-35)31(54)44-22(13-24(37)46)32(55)42-18(6-4-5-11-34)30(53)43-19(8-10-27(49)50)28(51)38-15-26(48)40-20(7-9-23(36)45)29(52)39-17(3)33(56)57/h16-22H,4-15,34-35H2,1-3H3,(H2,36,45)(H2,37,46)(H,38,51)(H,39,52)(H,40,48)(H,41,47)(H,42,55)(H,43,53)(H,44,54)(H,49,50)(H,56,57)/t17-,18-,19-,20-,21-,22-/m0/s1. The Labute approximate surface area is 328 Å². The molecule has 0 aliphatic carbocycles. The lowest BCUT2D eigenvalue weighted by molar-refractivity contribution is -0.142. The van der Waals surface area contributed by atoms with E-state index in [1.54, 1.807) is 13.8 Å². The molecule has 0 rings (SSSR count). The molecule has 322 valence electrons. The van der Waals surface area contributed by atoms with Crippen LogP contribution in [0.3, 0.4) is 0 Å². The lowest BCUT2D eigenvalue weighted by atomic mass is 10.0. The third kappa shape index (κ3) is 22.3. The van der Waals surface area contributed by atoms with Gasteiger partial charge in [0.05, 0.1) is 19.5 Å². The van der Waals surface area contributed by atoms with E-state index in [9.17, 15) is 57.8 Å². The number of nitrogens with two attached hydrogens (primary N) is 4. The molecule has 57 heavy (non-hydrogen) atoms. The Hall–Kier alpha value is -5.91. The predicted molar refractivity (Wildman–Crippen MR) is 198 cm³/mol. The van der Waals surface area contributed by atoms with Crippen LogP contribution in [0, 0.1) is 5.92 Å². The molecular weight excluding hydrogens is 758 g/mol. The fourth-order valence-electron chi connectivity index (χ4n) is 4.95. The van der Waals surface area contributed by atoms with Crippen LogP contribution in [-0.2, 0) is 52.7 Å². The minimum atomic E-state index is -1.63. The zero-order chi connectivity index (χ0) is 43.8. The monoisotopic (exact) mass is 815 g/mol. The van der Waals surface area contributed by atoms with E-state index >= 15 is 0 Å². The van der Waals surface area contributed by atoms with Crippen LogP contribution >= 0.6 is 0 Å². The van der Waals surface area contributed by atoms with Gasteiger partial charge in [-0.25, -0.2) is 0 Å². The Morgan fingerprint density at radius 3 is 1.54 bits per heavy atom. The SMILES string of the molecule is CC(C)C[C@H](NC(=O)CN)C(=O)N[C@@H](CC(N)=O)C(=O)N[C@@H](CCCCN)C(=O)N[C@@H](CCC(=O)O)C(=O)NCC(=O)N[C@@H](CCC(N)=O)C(=O)N[C@@H](C)C(=O)O. The molecule has 0 heterocycles. The molecule has 17 N–H and O–H groups in total. The molecule has 0 saturated carbocycles. The fourth-order valence-corrected chi connectivity index (χ4v) is 4.95. The summed E-state index contributed by atoms with van der Waals surface area (Å²) in [4.78, 5) is 136. The second kappa shape index (κ2) is 26.8. The van der Waals surface area contributed by atoms with Crippen molar-refractivity contribution < 1.29 is 63.0 Å². The van der Waals surface area contributed by atoms with Crippen molar-refractivity contribution in [1.29, 1.82) is 0 Å². The maximum absolute atomic E-state index is 13.6. The lowest BCUT2D eigenvalue weighted by Gasteiger charge is -2.26. The zero-order valence-corrected chi connectivity index (χ0v) is 32.2. The second-order valence-corrected chi connectivity index (χ2v) is 13.4. The number of primary amides is 2. The van der Waals surface area contributed by atoms with Crippen molar-refractivity contribution in [3.63, 3.8) is 0 Å². The van der Waals surface area contributed by atoms with Crippen LogP contribution in [0.15, 0.2) is 0 Å². The van der Waals surface area contributed by atoms with Gasteiger partial charge in [0.25, 0.3) is 0 Å². The van der Waals surface area contributed by atoms with E-state index in [2.05, 4.69) is 37.2 Å². The zero-order valence-electron chi connectivity index (χ0n) is 32.2. The van der Waals surface area contributed by atoms with Gasteiger partial charge in [-0.3, -0.25) is 52.7 Å². The molecule has 0 radical (unpaired) electrons. The highest BCUT2D eigenvalue weighted by Crippen LogP contribution is 2.09. The maximum atomic E-state index is 13.6. The first-order valence-corrected chi connectivity index (χ1v) is 18.1. The summed E-state index contributed by atoms with van der Waals surface area (Å²) < 4.78 is 0. The van der Waals surface area contributed by atoms with Gasteiger partial charge in [0, 0.05) is 12.8 Å². The van der Waals surface area contributed by atoms with Gasteiger partial charge in [-0.15, -0.1) is 0 Å². The van der Waals surface area contributed by atoms with Gasteiger partial charge in [0.1, 0.15) is 36.3 Å². The molecule has 0 aromatic carbocycles. The van der Waals surface area contributed by atoms with E-state index < -0.39 is 134 Å². The number of aliphatic carboxylic acids is 2. The second-order valence-electron chi connectivity index (χ2n) is 13.4. The Morgan fingerprint density at radius 1 is 0.544 bits per heavy atom. The molecule has 0 saturated heterocycles. The van der Waals surface area contributed by atoms with Crippen LogP contribution in [0.25, 0.3) is 0 Å². The van der Waals surface area contributed by atoms with E-state index in [-0.39, 0.29) is 44.6 Å². The molecule has 0 aliphatic rings. The summed E-state index contributed by atoms with van der Waals surface area (Å²) in [5.74, 6) is -11.2. The number of nitrogens with one attached hydrogen (secondary N) is 7. The molecule has 9 amide bonds. The van der Waals surface area contributed by atoms with E-state index in [1.807, 2.05) is 0 Å². The molecule has 24 nitrogen and oxygen atoms in total. The first-order valence-electron chi connectivity index (χ1n) is 18.1. The summed E-state index contributed by atoms with van der Waals surface area (Å²) in [6.45, 7) is 3.62. The van der Waals surface area contributed by atoms with Crippen molar-refractivity contribution in [2.45, 2.75) is 115 Å². The van der Waals surface area contributed by atoms with E-state index in [0.717, 1.165) is 6.92 Å². The Kier molecular flexibility index (Phi) is 24.0. The number of hydrogen-bond acceptors (Lipinski definition) is 13. The highest BCUT2D eigenvalue weighted by atomic mass is 16.4. The minimum absolute atomic E-state index is 0.0839. The van der Waals surface area contributed by atoms with E-state index in [1.165, 1.54) is 0 Å². The number of carboxylic acid groups (broad SMARTS) is 2. The topological polar surface area (TPSA) is 417 Å². The summed E-state index contributed by atoms with van der Waals surface area (Å²) >= 11 is 0. The first-order chi connectivity index (χ1) is 26.6. The van der Waals surface area contributed by atoms with Crippen molar-refractivity contribution in [1.82, 2.24) is 37.2 Å². The summed E-state index contributed by atoms with van der Waals surface area (Å²) in [6.07, 6.45) is -1.88. The van der Waals surface area contributed by atoms with Crippen molar-refractivity contribution in [3.05, 3.63) is 0 Å². The smallest absolute Gasteiger partial charge is 0.325 e. The summed E-state index contributed by atoms with van der Waals surface area (Å²) in [5, 5.41) is 34.5. The van der Waals surface area contributed by atoms with Crippen LogP contribution < -0.4 is 60.2 Å². The van der Waals surface area contributed by atoms with Crippen LogP contribution in [-0.4, -0.2) is 131 Å². The molecule has 0 spiro atoms. The van der Waals surface area contributed by atoms with Gasteiger partial charge in [0.15, 0.2) is 0 Å². The Balaban J connectivity index is 6.14. The molecule has 0 fully saturated rings. The highest BCUT2D eigenvalue weighted by molar-refractivity contribution is 5.98. The number of carbonyl (C=O) groups is 11. The molecule has 0 aromatic heterocycles. The van der Waals surface area contributed by atoms with Crippen LogP contribution in [0.1, 0.15) is 78.6 Å². The number of carbonyl (C=O) groups excluding carboxylic acids is 9. The minimum Gasteiger partial charge on any atom is -0.481 e. The third-order valence-corrected chi connectivity index (χ3v) is 7.93. The van der Waals surface area contributed by atoms with Gasteiger partial charge in [-0.05, 0) is 57.9 Å². The number of hydrogen-bond donors (Lipinski definition) is 13. The lowest BCUT2D eigenvalue weighted by Crippen LogP contribution is -2.59. The molecular formula is C33H57N11O13. The van der Waals surface area contributed by atoms with Gasteiger partial charge in [-0.1, -0.05) is 13.8 Å². The molecule has 24 heteroatoms. The summed E-state index contributed by atoms with van der Waals surface area (Å²) in [7, 11) is 0. The van der Waals surface area contributed by atoms with Crippen molar-refractivity contribution >= 4 is 65.1 Å². The first kappa shape index (κ1) is 51.1.